The molecule has 1 saturated heterocycles. The van der Waals surface area contributed by atoms with Crippen molar-refractivity contribution in [2.24, 2.45) is 5.73 Å². The van der Waals surface area contributed by atoms with Crippen LogP contribution in [0.5, 0.6) is 0 Å². The van der Waals surface area contributed by atoms with Crippen LogP contribution in [0.4, 0.5) is 0 Å². The molecular formula is C25H27N3O2. The molecule has 0 saturated carbocycles. The van der Waals surface area contributed by atoms with Gasteiger partial charge in [-0.1, -0.05) is 79.7 Å². The van der Waals surface area contributed by atoms with Crippen LogP contribution < -0.4 is 11.1 Å². The van der Waals surface area contributed by atoms with E-state index in [0.717, 1.165) is 12.0 Å². The highest BCUT2D eigenvalue weighted by Crippen LogP contribution is 2.25. The number of nitrogens with zero attached hydrogens (tertiary/aromatic N) is 1. The SMILES string of the molecule is CC(c1ccccc1)C(C(N)=O)N1CC(Cc2ccc3ccccc3c2)NCC1=O. The van der Waals surface area contributed by atoms with Gasteiger partial charge in [-0.05, 0) is 28.3 Å². The highest BCUT2D eigenvalue weighted by Gasteiger charge is 2.37. The topological polar surface area (TPSA) is 75.4 Å². The molecule has 0 aromatic heterocycles. The summed E-state index contributed by atoms with van der Waals surface area (Å²) in [7, 11) is 0. The molecule has 5 nitrogen and oxygen atoms in total. The molecule has 5 heteroatoms. The van der Waals surface area contributed by atoms with Gasteiger partial charge < -0.3 is 16.0 Å². The maximum atomic E-state index is 12.7. The Morgan fingerprint density at radius 3 is 2.50 bits per heavy atom. The van der Waals surface area contributed by atoms with Crippen LogP contribution in [0, 0.1) is 0 Å². The van der Waals surface area contributed by atoms with Crippen LogP contribution in [0.3, 0.4) is 0 Å². The van der Waals surface area contributed by atoms with Crippen molar-refractivity contribution in [3.05, 3.63) is 83.9 Å². The summed E-state index contributed by atoms with van der Waals surface area (Å²) >= 11 is 0. The first kappa shape index (κ1) is 20.1. The average Bonchev–Trinajstić information content (AvgIpc) is 2.76. The fourth-order valence-electron chi connectivity index (χ4n) is 4.40. The first-order valence-corrected chi connectivity index (χ1v) is 10.4. The minimum absolute atomic E-state index is 0.0636. The number of hydrogen-bond acceptors (Lipinski definition) is 3. The summed E-state index contributed by atoms with van der Waals surface area (Å²) in [6.07, 6.45) is 0.778. The number of carbonyl (C=O) groups is 2. The van der Waals surface area contributed by atoms with Crippen molar-refractivity contribution >= 4 is 22.6 Å². The van der Waals surface area contributed by atoms with Crippen molar-refractivity contribution in [3.63, 3.8) is 0 Å². The molecule has 0 radical (unpaired) electrons. The molecule has 3 aromatic carbocycles. The Morgan fingerprint density at radius 1 is 1.07 bits per heavy atom. The van der Waals surface area contributed by atoms with E-state index in [2.05, 4.69) is 35.6 Å². The Bertz CT molecular complexity index is 1050. The Labute approximate surface area is 176 Å². The van der Waals surface area contributed by atoms with Gasteiger partial charge >= 0.3 is 0 Å². The number of benzene rings is 3. The zero-order valence-corrected chi connectivity index (χ0v) is 17.1. The van der Waals surface area contributed by atoms with Crippen molar-refractivity contribution in [1.29, 1.82) is 0 Å². The molecule has 30 heavy (non-hydrogen) atoms. The number of rotatable bonds is 6. The van der Waals surface area contributed by atoms with Gasteiger partial charge in [0.1, 0.15) is 6.04 Å². The lowest BCUT2D eigenvalue weighted by Gasteiger charge is -2.40. The quantitative estimate of drug-likeness (QED) is 0.667. The van der Waals surface area contributed by atoms with E-state index in [0.29, 0.717) is 6.54 Å². The van der Waals surface area contributed by atoms with Gasteiger partial charge in [-0.3, -0.25) is 9.59 Å². The minimum atomic E-state index is -0.666. The normalized spacial score (nSPS) is 18.9. The Kier molecular flexibility index (Phi) is 5.81. The Balaban J connectivity index is 1.53. The van der Waals surface area contributed by atoms with Crippen LogP contribution in [0.1, 0.15) is 24.0 Å². The van der Waals surface area contributed by atoms with Crippen LogP contribution in [-0.2, 0) is 16.0 Å². The van der Waals surface area contributed by atoms with Crippen LogP contribution >= 0.6 is 0 Å². The standard InChI is InChI=1S/C25H27N3O2/c1-17(19-7-3-2-4-8-19)24(25(26)30)28-16-22(27-15-23(28)29)14-18-11-12-20-9-5-6-10-21(20)13-18/h2-13,17,22,24,27H,14-16H2,1H3,(H2,26,30). The maximum absolute atomic E-state index is 12.7. The van der Waals surface area contributed by atoms with E-state index in [1.54, 1.807) is 4.90 Å². The van der Waals surface area contributed by atoms with Crippen molar-refractivity contribution in [2.75, 3.05) is 13.1 Å². The Hall–Kier alpha value is -3.18. The molecule has 154 valence electrons. The van der Waals surface area contributed by atoms with E-state index in [4.69, 9.17) is 5.73 Å². The zero-order valence-electron chi connectivity index (χ0n) is 17.1. The number of carbonyl (C=O) groups excluding carboxylic acids is 2. The predicted octanol–water partition coefficient (Wildman–Crippen LogP) is 2.84. The van der Waals surface area contributed by atoms with Crippen LogP contribution in [0.25, 0.3) is 10.8 Å². The van der Waals surface area contributed by atoms with E-state index < -0.39 is 11.9 Å². The second kappa shape index (κ2) is 8.67. The van der Waals surface area contributed by atoms with Crippen molar-refractivity contribution in [2.45, 2.75) is 31.3 Å². The summed E-state index contributed by atoms with van der Waals surface area (Å²) in [6, 6.07) is 23.9. The second-order valence-electron chi connectivity index (χ2n) is 8.06. The highest BCUT2D eigenvalue weighted by atomic mass is 16.2. The first-order valence-electron chi connectivity index (χ1n) is 10.4. The third-order valence-corrected chi connectivity index (χ3v) is 6.00. The largest absolute Gasteiger partial charge is 0.368 e. The minimum Gasteiger partial charge on any atom is -0.368 e. The van der Waals surface area contributed by atoms with E-state index >= 15 is 0 Å². The molecular weight excluding hydrogens is 374 g/mol. The van der Waals surface area contributed by atoms with Crippen molar-refractivity contribution in [3.8, 4) is 0 Å². The molecule has 3 unspecified atom stereocenters. The van der Waals surface area contributed by atoms with Gasteiger partial charge in [-0.15, -0.1) is 0 Å². The molecule has 3 atom stereocenters. The molecule has 0 bridgehead atoms. The van der Waals surface area contributed by atoms with E-state index in [-0.39, 0.29) is 24.4 Å². The van der Waals surface area contributed by atoms with Crippen LogP contribution in [-0.4, -0.2) is 41.9 Å². The zero-order chi connectivity index (χ0) is 21.1. The molecule has 3 aromatic rings. The Morgan fingerprint density at radius 2 is 1.77 bits per heavy atom. The summed E-state index contributed by atoms with van der Waals surface area (Å²) in [6.45, 7) is 2.62. The third kappa shape index (κ3) is 4.21. The summed E-state index contributed by atoms with van der Waals surface area (Å²) in [5.74, 6) is -0.727. The second-order valence-corrected chi connectivity index (χ2v) is 8.06. The number of nitrogens with one attached hydrogen (secondary N) is 1. The van der Waals surface area contributed by atoms with E-state index in [1.807, 2.05) is 49.4 Å². The van der Waals surface area contributed by atoms with Gasteiger partial charge in [-0.25, -0.2) is 0 Å². The maximum Gasteiger partial charge on any atom is 0.240 e. The average molecular weight is 402 g/mol. The van der Waals surface area contributed by atoms with Gasteiger partial charge in [0.05, 0.1) is 6.54 Å². The first-order chi connectivity index (χ1) is 14.5. The van der Waals surface area contributed by atoms with Gasteiger partial charge in [0.2, 0.25) is 11.8 Å². The predicted molar refractivity (Wildman–Crippen MR) is 119 cm³/mol. The van der Waals surface area contributed by atoms with Crippen molar-refractivity contribution in [1.82, 2.24) is 10.2 Å². The molecule has 1 fully saturated rings. The summed E-state index contributed by atoms with van der Waals surface area (Å²) in [5, 5.41) is 5.73. The summed E-state index contributed by atoms with van der Waals surface area (Å²) in [5.41, 5.74) is 7.97. The molecule has 0 spiro atoms. The number of nitrogens with two attached hydrogens (primary N) is 1. The monoisotopic (exact) mass is 401 g/mol. The lowest BCUT2D eigenvalue weighted by atomic mass is 9.90. The van der Waals surface area contributed by atoms with E-state index in [9.17, 15) is 9.59 Å². The lowest BCUT2D eigenvalue weighted by molar-refractivity contribution is -0.142. The number of hydrogen-bond donors (Lipinski definition) is 2. The van der Waals surface area contributed by atoms with Gasteiger partial charge in [0.25, 0.3) is 0 Å². The molecule has 1 heterocycles. The van der Waals surface area contributed by atoms with Gasteiger partial charge in [0.15, 0.2) is 0 Å². The fourth-order valence-corrected chi connectivity index (χ4v) is 4.40. The molecule has 4 rings (SSSR count). The number of primary amides is 1. The molecule has 1 aliphatic heterocycles. The van der Waals surface area contributed by atoms with Gasteiger partial charge in [0, 0.05) is 18.5 Å². The molecule has 3 N–H and O–H groups in total. The number of amides is 2. The molecule has 0 aliphatic carbocycles. The van der Waals surface area contributed by atoms with Crippen molar-refractivity contribution < 1.29 is 9.59 Å². The van der Waals surface area contributed by atoms with Crippen LogP contribution in [0.15, 0.2) is 72.8 Å². The smallest absolute Gasteiger partial charge is 0.240 e. The highest BCUT2D eigenvalue weighted by molar-refractivity contribution is 5.89. The fraction of sp³-hybridized carbons (Fsp3) is 0.280. The van der Waals surface area contributed by atoms with Gasteiger partial charge in [-0.2, -0.15) is 0 Å². The summed E-state index contributed by atoms with van der Waals surface area (Å²) < 4.78 is 0. The van der Waals surface area contributed by atoms with E-state index in [1.165, 1.54) is 16.3 Å². The number of piperazine rings is 1. The lowest BCUT2D eigenvalue weighted by Crippen LogP contribution is -2.61. The third-order valence-electron chi connectivity index (χ3n) is 6.00. The number of fused-ring (bicyclic) bond motifs is 1. The molecule has 2 amide bonds. The van der Waals surface area contributed by atoms with Crippen LogP contribution in [0.2, 0.25) is 0 Å². The molecule has 1 aliphatic rings. The summed E-state index contributed by atoms with van der Waals surface area (Å²) in [4.78, 5) is 26.8.